The van der Waals surface area contributed by atoms with Crippen LogP contribution < -0.4 is 0 Å². The monoisotopic (exact) mass is 398 g/mol. The van der Waals surface area contributed by atoms with E-state index in [9.17, 15) is 0 Å². The van der Waals surface area contributed by atoms with Gasteiger partial charge >= 0.3 is 0 Å². The number of hydrogen-bond donors (Lipinski definition) is 0. The van der Waals surface area contributed by atoms with Crippen molar-refractivity contribution in [3.8, 4) is 180 Å². The average molecular weight is 398 g/mol. The highest BCUT2D eigenvalue weighted by molar-refractivity contribution is 7.59. The minimum Gasteiger partial charge on any atom is -0.154 e. The van der Waals surface area contributed by atoms with Gasteiger partial charge in [-0.15, -0.1) is 55.4 Å². The smallest absolute Gasteiger partial charge is 0.154 e. The second-order valence-corrected chi connectivity index (χ2v) is 4.80. The third-order valence-electron chi connectivity index (χ3n) is 2.85. The van der Waals surface area contributed by atoms with E-state index in [1.165, 1.54) is 0 Å². The van der Waals surface area contributed by atoms with Gasteiger partial charge in [0.2, 0.25) is 6.49 Å². The van der Waals surface area contributed by atoms with Crippen molar-refractivity contribution >= 4 is 19.7 Å². The quantitative estimate of drug-likeness (QED) is 0.436. The summed E-state index contributed by atoms with van der Waals surface area (Å²) >= 11 is 0. The predicted octanol–water partition coefficient (Wildman–Crippen LogP) is -0.476. The largest absolute Gasteiger partial charge is 0.295 e. The molecule has 0 saturated carbocycles. The van der Waals surface area contributed by atoms with Crippen LogP contribution in [0, 0.1) is 180 Å². The van der Waals surface area contributed by atoms with Crippen molar-refractivity contribution in [2.24, 2.45) is 0 Å². The SMILES string of the molecule is C#CC#CC#CB(C#CC#CC#C)B(C#CC#CC#C)B(C#CC#CC#C)C#CC#CC#C. The van der Waals surface area contributed by atoms with E-state index in [0.29, 0.717) is 0 Å². The van der Waals surface area contributed by atoms with Crippen LogP contribution in [0.5, 0.6) is 0 Å². The molecule has 33 heavy (non-hydrogen) atoms. The molecule has 0 aliphatic rings. The summed E-state index contributed by atoms with van der Waals surface area (Å²) in [5.41, 5.74) is 0. The first-order valence-electron chi connectivity index (χ1n) is 8.55. The number of terminal acetylenes is 5. The molecular weight excluding hydrogens is 393 g/mol. The van der Waals surface area contributed by atoms with Gasteiger partial charge in [0.15, 0.2) is 0 Å². The zero-order valence-corrected chi connectivity index (χ0v) is 17.1. The molecule has 0 amide bonds. The van der Waals surface area contributed by atoms with Crippen molar-refractivity contribution in [2.75, 3.05) is 0 Å². The maximum absolute atomic E-state index is 5.14. The molecule has 0 fully saturated rings. The van der Waals surface area contributed by atoms with Crippen LogP contribution in [-0.2, 0) is 0 Å². The third-order valence-corrected chi connectivity index (χ3v) is 2.85. The molecule has 0 atom stereocenters. The lowest BCUT2D eigenvalue weighted by Crippen LogP contribution is -2.46. The Hall–Kier alpha value is -6.41. The zero-order chi connectivity index (χ0) is 24.4. The predicted molar refractivity (Wildman–Crippen MR) is 139 cm³/mol. The first-order chi connectivity index (χ1) is 16.2. The molecule has 0 N–H and O–H groups in total. The average Bonchev–Trinajstić information content (AvgIpc) is 2.83. The summed E-state index contributed by atoms with van der Waals surface area (Å²) in [4.78, 5) is 0. The maximum Gasteiger partial charge on any atom is 0.295 e. The summed E-state index contributed by atoms with van der Waals surface area (Å²) in [5, 5.41) is 0. The van der Waals surface area contributed by atoms with Crippen molar-refractivity contribution < 1.29 is 0 Å². The zero-order valence-electron chi connectivity index (χ0n) is 17.1. The van der Waals surface area contributed by atoms with Crippen molar-refractivity contribution in [3.63, 3.8) is 0 Å². The van der Waals surface area contributed by atoms with Gasteiger partial charge in [0.05, 0.1) is 0 Å². The van der Waals surface area contributed by atoms with Gasteiger partial charge in [0, 0.05) is 0 Å². The van der Waals surface area contributed by atoms with E-state index in [2.05, 4.69) is 148 Å². The highest BCUT2D eigenvalue weighted by atomic mass is 13.6. The van der Waals surface area contributed by atoms with E-state index < -0.39 is 19.7 Å². The lowest BCUT2D eigenvalue weighted by atomic mass is 8.89. The standard InChI is InChI=1S/C30H5B3/c1-6-11-16-21-26-31(27-22-17-12-7-2)33(30-25-20-15-10-5)32(28-23-18-13-8-3)29-24-19-14-9-4/h1-5H. The van der Waals surface area contributed by atoms with Crippen molar-refractivity contribution in [1.82, 2.24) is 0 Å². The lowest BCUT2D eigenvalue weighted by molar-refractivity contribution is 2.40. The number of hydrogen-bond acceptors (Lipinski definition) is 0. The summed E-state index contributed by atoms with van der Waals surface area (Å²) in [7, 11) is 0. The van der Waals surface area contributed by atoms with E-state index in [0.717, 1.165) is 0 Å². The molecule has 0 aromatic rings. The summed E-state index contributed by atoms with van der Waals surface area (Å²) < 4.78 is 0. The van der Waals surface area contributed by atoms with E-state index >= 15 is 0 Å². The molecule has 0 aromatic heterocycles. The summed E-state index contributed by atoms with van der Waals surface area (Å²) in [6, 6.07) is 0. The Morgan fingerprint density at radius 1 is 0.273 bits per heavy atom. The third kappa shape index (κ3) is 14.3. The Morgan fingerprint density at radius 3 is 0.758 bits per heavy atom. The lowest BCUT2D eigenvalue weighted by Gasteiger charge is -2.06. The van der Waals surface area contributed by atoms with E-state index in [1.54, 1.807) is 0 Å². The molecular formula is C30H5B3. The van der Waals surface area contributed by atoms with E-state index in [1.807, 2.05) is 0 Å². The Bertz CT molecular complexity index is 1430. The van der Waals surface area contributed by atoms with E-state index in [-0.39, 0.29) is 0 Å². The van der Waals surface area contributed by atoms with Crippen molar-refractivity contribution in [3.05, 3.63) is 0 Å². The van der Waals surface area contributed by atoms with Crippen LogP contribution in [0.1, 0.15) is 0 Å². The fourth-order valence-electron chi connectivity index (χ4n) is 1.70. The fraction of sp³-hybridized carbons (Fsp3) is 0. The molecule has 0 saturated heterocycles. The Labute approximate surface area is 199 Å². The first-order valence-corrected chi connectivity index (χ1v) is 8.55. The van der Waals surface area contributed by atoms with Gasteiger partial charge in [-0.05, 0) is 118 Å². The van der Waals surface area contributed by atoms with Gasteiger partial charge in [0.1, 0.15) is 0 Å². The second kappa shape index (κ2) is 20.3. The molecule has 0 unspecified atom stereocenters. The van der Waals surface area contributed by atoms with Gasteiger partial charge in [-0.3, -0.25) is 0 Å². The summed E-state index contributed by atoms with van der Waals surface area (Å²) in [5.74, 6) is 63.0. The van der Waals surface area contributed by atoms with Crippen molar-refractivity contribution in [1.29, 1.82) is 0 Å². The molecule has 0 heterocycles. The van der Waals surface area contributed by atoms with Crippen LogP contribution in [-0.4, -0.2) is 19.7 Å². The molecule has 0 rings (SSSR count). The molecule has 3 heteroatoms. The van der Waals surface area contributed by atoms with Gasteiger partial charge < -0.3 is 0 Å². The van der Waals surface area contributed by atoms with Gasteiger partial charge in [-0.1, -0.05) is 0 Å². The number of rotatable bonds is 2. The molecule has 0 bridgehead atoms. The van der Waals surface area contributed by atoms with Crippen LogP contribution in [0.15, 0.2) is 0 Å². The fourth-order valence-corrected chi connectivity index (χ4v) is 1.70. The van der Waals surface area contributed by atoms with Gasteiger partial charge in [0.25, 0.3) is 13.2 Å². The van der Waals surface area contributed by atoms with Crippen LogP contribution >= 0.6 is 0 Å². The van der Waals surface area contributed by atoms with Gasteiger partial charge in [-0.25, -0.2) is 0 Å². The molecule has 0 radical (unpaired) electrons. The van der Waals surface area contributed by atoms with Crippen LogP contribution in [0.4, 0.5) is 0 Å². The highest BCUT2D eigenvalue weighted by Gasteiger charge is 2.36. The van der Waals surface area contributed by atoms with Crippen molar-refractivity contribution in [2.45, 2.75) is 0 Å². The summed E-state index contributed by atoms with van der Waals surface area (Å²) in [6.45, 7) is -2.13. The molecule has 0 spiro atoms. The molecule has 0 aliphatic carbocycles. The maximum atomic E-state index is 5.14. The second-order valence-electron chi connectivity index (χ2n) is 4.80. The first kappa shape index (κ1) is 26.6. The Morgan fingerprint density at radius 2 is 0.515 bits per heavy atom. The highest BCUT2D eigenvalue weighted by Crippen LogP contribution is 1.96. The van der Waals surface area contributed by atoms with E-state index in [4.69, 9.17) is 32.1 Å². The molecule has 0 aliphatic heterocycles. The van der Waals surface area contributed by atoms with Crippen LogP contribution in [0.3, 0.4) is 0 Å². The normalized spacial score (nSPS) is 4.82. The Kier molecular flexibility index (Phi) is 16.4. The molecule has 0 nitrogen and oxygen atoms in total. The minimum absolute atomic E-state index is 0.683. The minimum atomic E-state index is -0.723. The Balaban J connectivity index is 6.92. The summed E-state index contributed by atoms with van der Waals surface area (Å²) in [6.07, 6.45) is 25.6. The molecule has 134 valence electrons. The molecule has 0 aromatic carbocycles. The van der Waals surface area contributed by atoms with Crippen LogP contribution in [0.25, 0.3) is 0 Å². The van der Waals surface area contributed by atoms with Crippen LogP contribution in [0.2, 0.25) is 0 Å². The topological polar surface area (TPSA) is 0 Å². The van der Waals surface area contributed by atoms with Gasteiger partial charge in [-0.2, -0.15) is 5.82 Å².